The van der Waals surface area contributed by atoms with Crippen LogP contribution in [0, 0.1) is 25.8 Å². The molecule has 0 unspecified atom stereocenters. The SMILES string of the molecule is Cc1[c-]ccc(C(O)=C2C(=O)CC(C)CC2=O)c1C.[Y]. The van der Waals surface area contributed by atoms with Crippen LogP contribution < -0.4 is 0 Å². The number of aliphatic hydroxyl groups excluding tert-OH is 1. The fraction of sp³-hybridized carbons (Fsp3) is 0.375. The number of allylic oxidation sites excluding steroid dienone is 1. The normalized spacial score (nSPS) is 18.8. The maximum Gasteiger partial charge on any atom is 0.170 e. The molecule has 103 valence electrons. The molecule has 1 radical (unpaired) electrons. The predicted molar refractivity (Wildman–Crippen MR) is 72.7 cm³/mol. The number of carbonyl (C=O) groups is 2. The van der Waals surface area contributed by atoms with E-state index in [9.17, 15) is 14.7 Å². The van der Waals surface area contributed by atoms with Crippen LogP contribution in [0.15, 0.2) is 17.7 Å². The van der Waals surface area contributed by atoms with Crippen molar-refractivity contribution in [2.45, 2.75) is 33.6 Å². The van der Waals surface area contributed by atoms with Crippen molar-refractivity contribution in [3.63, 3.8) is 0 Å². The average molecular weight is 346 g/mol. The van der Waals surface area contributed by atoms with Gasteiger partial charge in [-0.05, 0) is 5.92 Å². The first kappa shape index (κ1) is 17.3. The Kier molecular flexibility index (Phi) is 5.84. The van der Waals surface area contributed by atoms with Crippen LogP contribution in [0.1, 0.15) is 36.5 Å². The van der Waals surface area contributed by atoms with Crippen LogP contribution in [-0.4, -0.2) is 16.7 Å². The smallest absolute Gasteiger partial charge is 0.170 e. The standard InChI is InChI=1S/C16H17O3.Y/c1-9-7-13(17)15(14(18)8-9)16(19)12-6-4-5-10(2)11(12)3;/h4,6,9,19H,7-8H2,1-3H3;/q-1;. The van der Waals surface area contributed by atoms with E-state index in [1.54, 1.807) is 12.1 Å². The van der Waals surface area contributed by atoms with Crippen LogP contribution in [-0.2, 0) is 42.3 Å². The minimum Gasteiger partial charge on any atom is -0.509 e. The van der Waals surface area contributed by atoms with Crippen molar-refractivity contribution in [1.82, 2.24) is 0 Å². The summed E-state index contributed by atoms with van der Waals surface area (Å²) in [5, 5.41) is 10.3. The Labute approximate surface area is 144 Å². The van der Waals surface area contributed by atoms with Crippen LogP contribution in [0.25, 0.3) is 5.76 Å². The van der Waals surface area contributed by atoms with Crippen LogP contribution in [0.4, 0.5) is 0 Å². The van der Waals surface area contributed by atoms with Crippen molar-refractivity contribution in [2.24, 2.45) is 5.92 Å². The van der Waals surface area contributed by atoms with Gasteiger partial charge in [-0.3, -0.25) is 9.59 Å². The van der Waals surface area contributed by atoms with E-state index >= 15 is 0 Å². The molecule has 0 aromatic heterocycles. The molecule has 2 rings (SSSR count). The fourth-order valence-electron chi connectivity index (χ4n) is 2.41. The van der Waals surface area contributed by atoms with Gasteiger partial charge >= 0.3 is 0 Å². The quantitative estimate of drug-likeness (QED) is 0.368. The fourth-order valence-corrected chi connectivity index (χ4v) is 2.41. The average Bonchev–Trinajstić information content (AvgIpc) is 2.31. The van der Waals surface area contributed by atoms with Crippen LogP contribution in [0.3, 0.4) is 0 Å². The summed E-state index contributed by atoms with van der Waals surface area (Å²) in [7, 11) is 0. The Morgan fingerprint density at radius 2 is 1.80 bits per heavy atom. The topological polar surface area (TPSA) is 54.4 Å². The van der Waals surface area contributed by atoms with Gasteiger partial charge in [-0.25, -0.2) is 0 Å². The second-order valence-corrected chi connectivity index (χ2v) is 5.22. The van der Waals surface area contributed by atoms with Gasteiger partial charge in [0.15, 0.2) is 11.6 Å². The first-order chi connectivity index (χ1) is 8.91. The number of rotatable bonds is 1. The van der Waals surface area contributed by atoms with Crippen molar-refractivity contribution >= 4 is 17.3 Å². The largest absolute Gasteiger partial charge is 0.509 e. The minimum atomic E-state index is -0.258. The van der Waals surface area contributed by atoms with E-state index in [2.05, 4.69) is 6.07 Å². The number of ketones is 2. The summed E-state index contributed by atoms with van der Waals surface area (Å²) >= 11 is 0. The van der Waals surface area contributed by atoms with Crippen molar-refractivity contribution < 1.29 is 47.4 Å². The van der Waals surface area contributed by atoms with E-state index in [-0.39, 0.29) is 61.5 Å². The van der Waals surface area contributed by atoms with Crippen LogP contribution in [0.5, 0.6) is 0 Å². The molecule has 20 heavy (non-hydrogen) atoms. The third kappa shape index (κ3) is 3.26. The van der Waals surface area contributed by atoms with Gasteiger partial charge in [-0.2, -0.15) is 23.8 Å². The van der Waals surface area contributed by atoms with Gasteiger partial charge in [0.1, 0.15) is 11.3 Å². The molecule has 1 N–H and O–H groups in total. The second kappa shape index (κ2) is 6.77. The molecule has 4 heteroatoms. The van der Waals surface area contributed by atoms with E-state index in [0.717, 1.165) is 11.1 Å². The molecule has 0 heterocycles. The van der Waals surface area contributed by atoms with Crippen molar-refractivity contribution in [2.75, 3.05) is 0 Å². The summed E-state index contributed by atoms with van der Waals surface area (Å²) in [6.45, 7) is 5.60. The maximum atomic E-state index is 12.0. The molecule has 0 bridgehead atoms. The maximum absolute atomic E-state index is 12.0. The number of Topliss-reactive ketones (excluding diaryl/α,β-unsaturated/α-hetero) is 2. The van der Waals surface area contributed by atoms with E-state index in [1.807, 2.05) is 20.8 Å². The van der Waals surface area contributed by atoms with E-state index in [1.165, 1.54) is 0 Å². The number of aryl methyl sites for hydroxylation is 1. The number of hydrogen-bond donors (Lipinski definition) is 1. The molecule has 1 aliphatic rings. The zero-order valence-corrected chi connectivity index (χ0v) is 14.8. The first-order valence-electron chi connectivity index (χ1n) is 6.39. The van der Waals surface area contributed by atoms with Crippen LogP contribution >= 0.6 is 0 Å². The summed E-state index contributed by atoms with van der Waals surface area (Å²) in [5.41, 5.74) is 2.25. The third-order valence-electron chi connectivity index (χ3n) is 3.63. The monoisotopic (exact) mass is 346 g/mol. The number of carbonyl (C=O) groups excluding carboxylic acids is 2. The Hall–Kier alpha value is -0.796. The first-order valence-corrected chi connectivity index (χ1v) is 6.39. The van der Waals surface area contributed by atoms with Gasteiger partial charge in [0.25, 0.3) is 0 Å². The third-order valence-corrected chi connectivity index (χ3v) is 3.63. The van der Waals surface area contributed by atoms with Crippen molar-refractivity contribution in [1.29, 1.82) is 0 Å². The zero-order valence-electron chi connectivity index (χ0n) is 12.0. The molecule has 1 aromatic rings. The van der Waals surface area contributed by atoms with E-state index in [4.69, 9.17) is 0 Å². The molecule has 0 atom stereocenters. The molecule has 1 saturated carbocycles. The number of hydrogen-bond acceptors (Lipinski definition) is 3. The van der Waals surface area contributed by atoms with Gasteiger partial charge < -0.3 is 5.11 Å². The summed E-state index contributed by atoms with van der Waals surface area (Å²) < 4.78 is 0. The Morgan fingerprint density at radius 3 is 2.35 bits per heavy atom. The molecule has 0 spiro atoms. The molecular weight excluding hydrogens is 329 g/mol. The Balaban J connectivity index is 0.00000200. The summed E-state index contributed by atoms with van der Waals surface area (Å²) in [6, 6.07) is 6.40. The molecule has 0 aliphatic heterocycles. The molecule has 0 saturated heterocycles. The number of aliphatic hydroxyl groups is 1. The number of benzene rings is 1. The molecule has 1 aliphatic carbocycles. The summed E-state index contributed by atoms with van der Waals surface area (Å²) in [5.74, 6) is -0.641. The molecular formula is C16H17O3Y-. The van der Waals surface area contributed by atoms with Crippen molar-refractivity contribution in [3.05, 3.63) is 40.5 Å². The molecule has 1 fully saturated rings. The van der Waals surface area contributed by atoms with Gasteiger partial charge in [0.2, 0.25) is 0 Å². The zero-order chi connectivity index (χ0) is 14.2. The Bertz CT molecular complexity index is 567. The summed E-state index contributed by atoms with van der Waals surface area (Å²) in [6.07, 6.45) is 0.643. The summed E-state index contributed by atoms with van der Waals surface area (Å²) in [4.78, 5) is 24.0. The van der Waals surface area contributed by atoms with Crippen molar-refractivity contribution in [3.8, 4) is 0 Å². The minimum absolute atomic E-state index is 0. The van der Waals surface area contributed by atoms with Crippen LogP contribution in [0.2, 0.25) is 0 Å². The molecule has 3 nitrogen and oxygen atoms in total. The predicted octanol–water partition coefficient (Wildman–Crippen LogP) is 2.94. The second-order valence-electron chi connectivity index (χ2n) is 5.22. The van der Waals surface area contributed by atoms with Gasteiger partial charge in [-0.15, -0.1) is 5.56 Å². The van der Waals surface area contributed by atoms with Gasteiger partial charge in [0.05, 0.1) is 0 Å². The van der Waals surface area contributed by atoms with E-state index in [0.29, 0.717) is 18.4 Å². The molecule has 0 amide bonds. The van der Waals surface area contributed by atoms with Gasteiger partial charge in [0, 0.05) is 45.6 Å². The van der Waals surface area contributed by atoms with Gasteiger partial charge in [-0.1, -0.05) is 26.3 Å². The van der Waals surface area contributed by atoms with E-state index < -0.39 is 0 Å². The molecule has 1 aromatic carbocycles. The Morgan fingerprint density at radius 1 is 1.25 bits per heavy atom.